The lowest BCUT2D eigenvalue weighted by molar-refractivity contribution is -0.124. The minimum absolute atomic E-state index is 0.0976. The molecule has 6 atom stereocenters. The molecule has 6 N–H and O–H groups in total. The molecule has 12 heteroatoms. The molecule has 0 aliphatic heterocycles. The number of rotatable bonds is 13. The number of benzene rings is 1. The molecule has 2 aliphatic carbocycles. The van der Waals surface area contributed by atoms with Crippen LogP contribution in [-0.2, 0) is 15.0 Å². The molecule has 3 unspecified atom stereocenters. The van der Waals surface area contributed by atoms with Crippen molar-refractivity contribution in [3.8, 4) is 6.07 Å². The summed E-state index contributed by atoms with van der Waals surface area (Å²) in [7, 11) is 6.85. The van der Waals surface area contributed by atoms with E-state index in [-0.39, 0.29) is 29.9 Å². The fourth-order valence-corrected chi connectivity index (χ4v) is 6.11. The van der Waals surface area contributed by atoms with Gasteiger partial charge in [0, 0.05) is 51.4 Å². The van der Waals surface area contributed by atoms with Gasteiger partial charge < -0.3 is 25.8 Å². The molecule has 0 saturated heterocycles. The van der Waals surface area contributed by atoms with Crippen LogP contribution in [0.25, 0.3) is 5.57 Å². The van der Waals surface area contributed by atoms with Gasteiger partial charge in [0.15, 0.2) is 0 Å². The van der Waals surface area contributed by atoms with Crippen LogP contribution in [0.15, 0.2) is 53.2 Å². The maximum Gasteiger partial charge on any atom is 0.253 e. The lowest BCUT2D eigenvalue weighted by Crippen LogP contribution is -2.45. The molecule has 12 nitrogen and oxygen atoms in total. The molecular weight excluding hydrogens is 618 g/mol. The van der Waals surface area contributed by atoms with Crippen LogP contribution in [0.4, 0.5) is 0 Å². The monoisotopic (exact) mass is 677 g/mol. The molecule has 3 amide bonds. The number of nitriles is 1. The molecular formula is C37H59N9O3. The van der Waals surface area contributed by atoms with E-state index >= 15 is 0 Å². The second-order valence-corrected chi connectivity index (χ2v) is 12.7. The summed E-state index contributed by atoms with van der Waals surface area (Å²) in [6, 6.07) is 7.75. The Bertz CT molecular complexity index is 1450. The van der Waals surface area contributed by atoms with Crippen molar-refractivity contribution in [2.24, 2.45) is 28.5 Å². The number of hydrogen-bond donors (Lipinski definition) is 4. The van der Waals surface area contributed by atoms with Crippen LogP contribution in [0.3, 0.4) is 0 Å². The van der Waals surface area contributed by atoms with E-state index in [0.717, 1.165) is 29.7 Å². The first-order valence-electron chi connectivity index (χ1n) is 17.0. The van der Waals surface area contributed by atoms with Crippen LogP contribution in [0.2, 0.25) is 0 Å². The number of fused-ring (bicyclic) bond motifs is 1. The van der Waals surface area contributed by atoms with Gasteiger partial charge in [0.25, 0.3) is 11.8 Å². The average Bonchev–Trinajstić information content (AvgIpc) is 3.53. The van der Waals surface area contributed by atoms with Gasteiger partial charge in [-0.1, -0.05) is 58.9 Å². The maximum atomic E-state index is 12.9. The number of hydrogen-bond acceptors (Lipinski definition) is 8. The summed E-state index contributed by atoms with van der Waals surface area (Å²) in [5.74, 6) is 6.67. The number of hydrazone groups is 1. The van der Waals surface area contributed by atoms with Gasteiger partial charge in [-0.15, -0.1) is 0 Å². The minimum atomic E-state index is -0.795. The van der Waals surface area contributed by atoms with E-state index in [4.69, 9.17) is 16.8 Å². The zero-order valence-corrected chi connectivity index (χ0v) is 31.5. The van der Waals surface area contributed by atoms with E-state index in [1.54, 1.807) is 52.2 Å². The largest absolute Gasteiger partial charge is 0.385 e. The number of amidine groups is 1. The van der Waals surface area contributed by atoms with Crippen LogP contribution < -0.4 is 22.4 Å². The predicted octanol–water partition coefficient (Wildman–Crippen LogP) is 3.77. The number of hydrazine groups is 1. The Balaban J connectivity index is 0.000000715. The number of likely N-dealkylation sites (N-methyl/N-ethyl adjacent to an activating group) is 1. The second kappa shape index (κ2) is 19.5. The van der Waals surface area contributed by atoms with Crippen LogP contribution in [-0.4, -0.2) is 91.6 Å². The molecule has 1 saturated carbocycles. The Kier molecular flexibility index (Phi) is 16.9. The summed E-state index contributed by atoms with van der Waals surface area (Å²) in [5, 5.41) is 16.2. The summed E-state index contributed by atoms with van der Waals surface area (Å²) >= 11 is 0. The quantitative estimate of drug-likeness (QED) is 0.0465. The molecule has 0 heterocycles. The third-order valence-electron chi connectivity index (χ3n) is 8.87. The smallest absolute Gasteiger partial charge is 0.253 e. The van der Waals surface area contributed by atoms with Gasteiger partial charge in [0.1, 0.15) is 11.9 Å². The Morgan fingerprint density at radius 2 is 1.73 bits per heavy atom. The number of nitrogens with zero attached hydrogens (tertiary/aromatic N) is 5. The zero-order chi connectivity index (χ0) is 37.6. The highest BCUT2D eigenvalue weighted by atomic mass is 16.2. The first-order chi connectivity index (χ1) is 23.1. The van der Waals surface area contributed by atoms with E-state index in [1.165, 1.54) is 9.80 Å². The number of nitrogens with two attached hydrogens (primary N) is 2. The van der Waals surface area contributed by atoms with Gasteiger partial charge in [0.05, 0.1) is 11.5 Å². The van der Waals surface area contributed by atoms with Crippen molar-refractivity contribution < 1.29 is 14.4 Å². The van der Waals surface area contributed by atoms with Crippen LogP contribution in [0, 0.1) is 23.2 Å². The molecule has 1 aromatic rings. The highest BCUT2D eigenvalue weighted by Crippen LogP contribution is 2.45. The van der Waals surface area contributed by atoms with Crippen molar-refractivity contribution in [3.05, 3.63) is 64.8 Å². The Morgan fingerprint density at radius 3 is 2.18 bits per heavy atom. The van der Waals surface area contributed by atoms with E-state index in [2.05, 4.69) is 42.8 Å². The summed E-state index contributed by atoms with van der Waals surface area (Å²) in [4.78, 5) is 41.0. The van der Waals surface area contributed by atoms with E-state index in [1.807, 2.05) is 58.1 Å². The highest BCUT2D eigenvalue weighted by Gasteiger charge is 2.48. The second-order valence-electron chi connectivity index (χ2n) is 12.7. The van der Waals surface area contributed by atoms with Crippen molar-refractivity contribution >= 4 is 29.6 Å². The van der Waals surface area contributed by atoms with Gasteiger partial charge >= 0.3 is 0 Å². The molecule has 0 aromatic heterocycles. The Hall–Kier alpha value is -4.47. The lowest BCUT2D eigenvalue weighted by atomic mass is 9.76. The Labute approximate surface area is 293 Å². The third kappa shape index (κ3) is 10.3. The Morgan fingerprint density at radius 1 is 1.12 bits per heavy atom. The number of carbonyl (C=O) groups is 3. The van der Waals surface area contributed by atoms with Gasteiger partial charge in [-0.2, -0.15) is 10.4 Å². The van der Waals surface area contributed by atoms with Gasteiger partial charge in [-0.05, 0) is 80.5 Å². The van der Waals surface area contributed by atoms with Crippen molar-refractivity contribution in [3.63, 3.8) is 0 Å². The number of nitrogens with one attached hydrogen (secondary N) is 2. The number of amides is 3. The number of carbonyl (C=O) groups excluding carboxylic acids is 3. The molecule has 0 radical (unpaired) electrons. The molecule has 0 bridgehead atoms. The molecule has 3 rings (SSSR count). The first-order valence-corrected chi connectivity index (χ1v) is 17.0. The summed E-state index contributed by atoms with van der Waals surface area (Å²) in [5.41, 5.74) is 11.6. The lowest BCUT2D eigenvalue weighted by Gasteiger charge is -2.31. The third-order valence-corrected chi connectivity index (χ3v) is 8.87. The topological polar surface area (TPSA) is 173 Å². The molecule has 1 fully saturated rings. The van der Waals surface area contributed by atoms with Gasteiger partial charge in [0.2, 0.25) is 6.41 Å². The highest BCUT2D eigenvalue weighted by molar-refractivity contribution is 6.05. The first kappa shape index (κ1) is 42.6. The van der Waals surface area contributed by atoms with Crippen molar-refractivity contribution in [1.29, 1.82) is 5.26 Å². The molecule has 2 aliphatic rings. The summed E-state index contributed by atoms with van der Waals surface area (Å²) < 4.78 is 0. The standard InChI is InChI=1S/C26H39N7O2.C9H14N2O.C2H6/c1-8-10-18(23(34)32(4)5)13-20-16-26(25(27)30-31-28,15-17(3)29-9-2)22-12-11-19(14-21(20)22)24(35)33(6)7;1-6(4-10)11(5-12)9-7(2)8(9)3;1-2/h8,10-14,16-17,29,31H,9,15,28H2,1-7H3,(H2,27,30);5-9H,1-3H3;1-2H3/b10-8-,18-13+;;/t17-,26?;6-,7-,8?,9?;/m10./s1. The summed E-state index contributed by atoms with van der Waals surface area (Å²) in [6.45, 7) is 16.8. The zero-order valence-electron chi connectivity index (χ0n) is 31.5. The van der Waals surface area contributed by atoms with E-state index in [9.17, 15) is 14.4 Å². The van der Waals surface area contributed by atoms with Crippen LogP contribution in [0.1, 0.15) is 83.3 Å². The SMILES string of the molecule is C/C=C\C(=C/C1=CC(C[C@@H](C)NCC)(/C(N)=N/NN)c2ccc(C(=O)N(C)C)cc21)C(=O)N(C)C.CC.CC1C(N(C=O)[C@@H](C)C#N)[C@H]1C. The fourth-order valence-electron chi connectivity index (χ4n) is 6.11. The molecule has 49 heavy (non-hydrogen) atoms. The van der Waals surface area contributed by atoms with E-state index < -0.39 is 5.41 Å². The summed E-state index contributed by atoms with van der Waals surface area (Å²) in [6.07, 6.45) is 8.86. The minimum Gasteiger partial charge on any atom is -0.385 e. The molecule has 1 aromatic carbocycles. The number of allylic oxidation sites excluding steroid dienone is 3. The van der Waals surface area contributed by atoms with Crippen LogP contribution in [0.5, 0.6) is 0 Å². The average molecular weight is 678 g/mol. The maximum absolute atomic E-state index is 12.9. The van der Waals surface area contributed by atoms with Crippen molar-refractivity contribution in [1.82, 2.24) is 25.6 Å². The molecule has 270 valence electrons. The fraction of sp³-hybridized carbons (Fsp3) is 0.541. The van der Waals surface area contributed by atoms with E-state index in [0.29, 0.717) is 35.2 Å². The normalized spacial score (nSPS) is 22.1. The van der Waals surface area contributed by atoms with Gasteiger partial charge in [-0.3, -0.25) is 14.4 Å². The van der Waals surface area contributed by atoms with Crippen molar-refractivity contribution in [2.75, 3.05) is 34.7 Å². The predicted molar refractivity (Wildman–Crippen MR) is 199 cm³/mol. The molecule has 0 spiro atoms. The van der Waals surface area contributed by atoms with Crippen LogP contribution >= 0.6 is 0 Å². The van der Waals surface area contributed by atoms with Crippen molar-refractivity contribution in [2.45, 2.75) is 85.4 Å². The van der Waals surface area contributed by atoms with Gasteiger partial charge in [-0.25, -0.2) is 11.4 Å².